The summed E-state index contributed by atoms with van der Waals surface area (Å²) in [5, 5.41) is 20.3. The highest BCUT2D eigenvalue weighted by molar-refractivity contribution is 6.13. The molecular weight excluding hydrogens is 1650 g/mol. The summed E-state index contributed by atoms with van der Waals surface area (Å²) in [5.41, 5.74) is 20.6. The van der Waals surface area contributed by atoms with Gasteiger partial charge in [0, 0.05) is 82.4 Å². The Labute approximate surface area is 774 Å². The van der Waals surface area contributed by atoms with Gasteiger partial charge >= 0.3 is 0 Å². The van der Waals surface area contributed by atoms with Crippen molar-refractivity contribution in [3.05, 3.63) is 455 Å². The van der Waals surface area contributed by atoms with Crippen LogP contribution in [0.2, 0.25) is 0 Å². The Balaban J connectivity index is 0.000000108. The van der Waals surface area contributed by atoms with Crippen LogP contribution in [0.3, 0.4) is 0 Å². The van der Waals surface area contributed by atoms with Crippen molar-refractivity contribution in [2.45, 2.75) is 0 Å². The van der Waals surface area contributed by atoms with E-state index >= 15 is 0 Å². The first-order chi connectivity index (χ1) is 66.8. The van der Waals surface area contributed by atoms with Crippen LogP contribution in [0.4, 0.5) is 0 Å². The van der Waals surface area contributed by atoms with Crippen LogP contribution in [0, 0.1) is 0 Å². The Morgan fingerprint density at radius 1 is 0.111 bits per heavy atom. The van der Waals surface area contributed by atoms with Gasteiger partial charge in [0.1, 0.15) is 33.5 Å². The Hall–Kier alpha value is -18.4. The molecule has 0 saturated heterocycles. The van der Waals surface area contributed by atoms with Crippen molar-refractivity contribution in [2.75, 3.05) is 0 Å². The quantitative estimate of drug-likeness (QED) is 0.114. The summed E-state index contributed by atoms with van der Waals surface area (Å²) in [7, 11) is 0. The molecule has 0 N–H and O–H groups in total. The summed E-state index contributed by atoms with van der Waals surface area (Å²) in [6, 6.07) is 157. The van der Waals surface area contributed by atoms with Gasteiger partial charge in [0.15, 0.2) is 52.4 Å². The summed E-state index contributed by atoms with van der Waals surface area (Å²) >= 11 is 0. The molecule has 12 heteroatoms. The summed E-state index contributed by atoms with van der Waals surface area (Å²) in [6.45, 7) is 0. The third-order valence-corrected chi connectivity index (χ3v) is 25.6. The molecule has 12 nitrogen and oxygen atoms in total. The normalized spacial score (nSPS) is 11.6. The van der Waals surface area contributed by atoms with Crippen LogP contribution in [0.25, 0.3) is 266 Å². The standard InChI is InChI=1S/C45H27N3O.C41H25N3O.C37H23N3O/c1-3-11-30-25-33(19-17-28(30)9-1)43-46-44(34-20-18-29-10-2-4-12-31(29)26-34)48-45(47-43)40-24-23-35(36-13-5-6-14-37(36)40)32-21-22-39-38-15-7-8-16-41(38)49-42(39)27-32;1-2-11-27(12-3-1)39-42-40(30-19-18-26-10-4-5-13-28(26)24-30)44-41(43-39)36-23-22-31(32-14-6-7-15-33(32)36)29-20-21-35-34-16-8-9-17-37(34)45-38(35)25-29;1-3-11-24(12-4-1)35-38-36(25-13-5-2-6-14-25)40-37(39-35)32-22-21-27(28-15-7-8-16-29(28)32)26-19-20-31-30-17-9-10-18-33(30)41-34(31)23-26/h1-27H;1-25H;1-23H. The van der Waals surface area contributed by atoms with Gasteiger partial charge < -0.3 is 13.3 Å². The maximum Gasteiger partial charge on any atom is 0.164 e. The van der Waals surface area contributed by atoms with Crippen LogP contribution in [-0.4, -0.2) is 44.9 Å². The van der Waals surface area contributed by atoms with E-state index in [9.17, 15) is 0 Å². The lowest BCUT2D eigenvalue weighted by atomic mass is 9.94. The van der Waals surface area contributed by atoms with Gasteiger partial charge in [-0.25, -0.2) is 44.9 Å². The van der Waals surface area contributed by atoms with Gasteiger partial charge in [-0.2, -0.15) is 0 Å². The van der Waals surface area contributed by atoms with Crippen LogP contribution in [-0.2, 0) is 0 Å². The second-order valence-corrected chi connectivity index (χ2v) is 33.7. The smallest absolute Gasteiger partial charge is 0.164 e. The molecule has 0 saturated carbocycles. The van der Waals surface area contributed by atoms with Crippen molar-refractivity contribution in [3.63, 3.8) is 0 Å². The van der Waals surface area contributed by atoms with Crippen molar-refractivity contribution in [1.29, 1.82) is 0 Å². The summed E-state index contributed by atoms with van der Waals surface area (Å²) < 4.78 is 18.7. The Morgan fingerprint density at radius 3 is 0.593 bits per heavy atom. The first-order valence-corrected chi connectivity index (χ1v) is 45.1. The molecule has 27 aromatic rings. The second-order valence-electron chi connectivity index (χ2n) is 33.7. The lowest BCUT2D eigenvalue weighted by Gasteiger charge is -2.13. The number of fused-ring (bicyclic) bond motifs is 15. The Kier molecular flexibility index (Phi) is 19.6. The highest BCUT2D eigenvalue weighted by Gasteiger charge is 2.24. The van der Waals surface area contributed by atoms with Gasteiger partial charge in [0.25, 0.3) is 0 Å². The lowest BCUT2D eigenvalue weighted by Crippen LogP contribution is -2.01. The molecule has 135 heavy (non-hydrogen) atoms. The molecule has 6 heterocycles. The average molecular weight is 1730 g/mol. The molecule has 0 bridgehead atoms. The van der Waals surface area contributed by atoms with Crippen molar-refractivity contribution in [3.8, 4) is 136 Å². The largest absolute Gasteiger partial charge is 0.456 e. The van der Waals surface area contributed by atoms with Gasteiger partial charge in [-0.05, 0) is 189 Å². The lowest BCUT2D eigenvalue weighted by molar-refractivity contribution is 0.668. The highest BCUT2D eigenvalue weighted by Crippen LogP contribution is 2.45. The van der Waals surface area contributed by atoms with Crippen molar-refractivity contribution in [2.24, 2.45) is 0 Å². The van der Waals surface area contributed by atoms with E-state index in [0.717, 1.165) is 198 Å². The third-order valence-electron chi connectivity index (χ3n) is 25.6. The van der Waals surface area contributed by atoms with E-state index in [0.29, 0.717) is 52.4 Å². The molecule has 0 radical (unpaired) electrons. The topological polar surface area (TPSA) is 155 Å². The number of hydrogen-bond donors (Lipinski definition) is 0. The van der Waals surface area contributed by atoms with E-state index in [1.54, 1.807) is 0 Å². The molecule has 0 aliphatic carbocycles. The van der Waals surface area contributed by atoms with E-state index in [1.165, 1.54) is 16.2 Å². The van der Waals surface area contributed by atoms with Gasteiger partial charge in [-0.3, -0.25) is 0 Å². The van der Waals surface area contributed by atoms with Crippen LogP contribution in [0.1, 0.15) is 0 Å². The monoisotopic (exact) mass is 1730 g/mol. The molecule has 0 aliphatic heterocycles. The van der Waals surface area contributed by atoms with Gasteiger partial charge in [0.05, 0.1) is 0 Å². The molecule has 27 rings (SSSR count). The molecule has 630 valence electrons. The minimum Gasteiger partial charge on any atom is -0.456 e. The van der Waals surface area contributed by atoms with Crippen molar-refractivity contribution < 1.29 is 13.3 Å². The van der Waals surface area contributed by atoms with Gasteiger partial charge in [-0.1, -0.05) is 364 Å². The first kappa shape index (κ1) is 78.8. The summed E-state index contributed by atoms with van der Waals surface area (Å²) in [6.07, 6.45) is 0. The van der Waals surface area contributed by atoms with E-state index < -0.39 is 0 Å². The molecule has 0 atom stereocenters. The first-order valence-electron chi connectivity index (χ1n) is 45.1. The van der Waals surface area contributed by atoms with E-state index in [2.05, 4.69) is 315 Å². The maximum atomic E-state index is 6.26. The zero-order valence-electron chi connectivity index (χ0n) is 72.6. The van der Waals surface area contributed by atoms with E-state index in [1.807, 2.05) is 140 Å². The van der Waals surface area contributed by atoms with Crippen LogP contribution >= 0.6 is 0 Å². The van der Waals surface area contributed by atoms with E-state index in [-0.39, 0.29) is 0 Å². The van der Waals surface area contributed by atoms with Crippen molar-refractivity contribution in [1.82, 2.24) is 44.9 Å². The molecule has 6 aromatic heterocycles. The van der Waals surface area contributed by atoms with Gasteiger partial charge in [0.2, 0.25) is 0 Å². The molecule has 0 amide bonds. The fourth-order valence-electron chi connectivity index (χ4n) is 18.9. The molecule has 0 aliphatic rings. The Morgan fingerprint density at radius 2 is 0.311 bits per heavy atom. The zero-order valence-corrected chi connectivity index (χ0v) is 72.6. The number of nitrogens with zero attached hydrogens (tertiary/aromatic N) is 9. The summed E-state index contributed by atoms with van der Waals surface area (Å²) in [5.74, 6) is 5.80. The predicted octanol–water partition coefficient (Wildman–Crippen LogP) is 32.2. The van der Waals surface area contributed by atoms with Crippen molar-refractivity contribution >= 4 is 130 Å². The summed E-state index contributed by atoms with van der Waals surface area (Å²) in [4.78, 5) is 45.3. The Bertz CT molecular complexity index is 9200. The fourth-order valence-corrected chi connectivity index (χ4v) is 18.9. The second kappa shape index (κ2) is 33.6. The molecule has 0 unspecified atom stereocenters. The minimum atomic E-state index is 0.636. The van der Waals surface area contributed by atoms with Crippen LogP contribution in [0.15, 0.2) is 468 Å². The van der Waals surface area contributed by atoms with E-state index in [4.69, 9.17) is 58.1 Å². The highest BCUT2D eigenvalue weighted by atomic mass is 16.3. The SMILES string of the molecule is c1ccc(-c2nc(-c3ccc4ccccc4c3)nc(-c3ccc(-c4ccc5c(c4)oc4ccccc45)c4ccccc34)n2)cc1.c1ccc(-c2nc(-c3ccccc3)nc(-c3ccc(-c4ccc5c(c4)oc4ccccc45)c4ccccc34)n2)cc1.c1ccc2cc(-c3nc(-c4ccc5ccccc5c4)nc(-c4ccc(-c5ccc6c(c5)oc5ccccc56)c5ccccc45)n3)ccc2c1. The number of hydrogen-bond acceptors (Lipinski definition) is 12. The molecule has 0 fully saturated rings. The minimum absolute atomic E-state index is 0.636. The number of rotatable bonds is 12. The number of benzene rings is 21. The predicted molar refractivity (Wildman–Crippen MR) is 552 cm³/mol. The van der Waals surface area contributed by atoms with Crippen LogP contribution in [0.5, 0.6) is 0 Å². The third kappa shape index (κ3) is 14.8. The molecular formula is C123H75N9O3. The number of para-hydroxylation sites is 3. The molecule has 21 aromatic carbocycles. The molecule has 0 spiro atoms. The fraction of sp³-hybridized carbons (Fsp3) is 0. The number of furan rings is 3. The number of aromatic nitrogens is 9. The average Bonchev–Trinajstić information content (AvgIpc) is 1.74. The maximum absolute atomic E-state index is 6.26. The van der Waals surface area contributed by atoms with Gasteiger partial charge in [-0.15, -0.1) is 0 Å². The zero-order chi connectivity index (χ0) is 89.2. The van der Waals surface area contributed by atoms with Crippen LogP contribution < -0.4 is 0 Å².